The van der Waals surface area contributed by atoms with Crippen LogP contribution < -0.4 is 10.6 Å². The highest BCUT2D eigenvalue weighted by Gasteiger charge is 2.26. The Bertz CT molecular complexity index is 436. The molecule has 2 unspecified atom stereocenters. The van der Waals surface area contributed by atoms with Crippen LogP contribution in [0.5, 0.6) is 0 Å². The molecule has 3 nitrogen and oxygen atoms in total. The first-order valence-electron chi connectivity index (χ1n) is 6.85. The summed E-state index contributed by atoms with van der Waals surface area (Å²) < 4.78 is 6.66. The molecule has 1 aliphatic heterocycles. The Morgan fingerprint density at radius 1 is 1.47 bits per heavy atom. The molecule has 19 heavy (non-hydrogen) atoms. The van der Waals surface area contributed by atoms with Crippen LogP contribution >= 0.6 is 15.9 Å². The molecule has 0 amide bonds. The second-order valence-electron chi connectivity index (χ2n) is 5.48. The topological polar surface area (TPSA) is 38.5 Å². The summed E-state index contributed by atoms with van der Waals surface area (Å²) in [4.78, 5) is 2.39. The van der Waals surface area contributed by atoms with Gasteiger partial charge >= 0.3 is 0 Å². The second kappa shape index (κ2) is 6.25. The summed E-state index contributed by atoms with van der Waals surface area (Å²) in [7, 11) is 1.81. The molecule has 1 fully saturated rings. The van der Waals surface area contributed by atoms with Crippen LogP contribution in [0, 0.1) is 5.92 Å². The summed E-state index contributed by atoms with van der Waals surface area (Å²) in [6, 6.07) is 6.49. The number of piperidine rings is 1. The third-order valence-electron chi connectivity index (χ3n) is 4.03. The van der Waals surface area contributed by atoms with E-state index in [1.54, 1.807) is 7.11 Å². The second-order valence-corrected chi connectivity index (χ2v) is 6.33. The number of nitrogens with two attached hydrogens (primary N) is 1. The molecule has 1 saturated heterocycles. The number of benzene rings is 1. The highest BCUT2D eigenvalue weighted by atomic mass is 79.9. The third kappa shape index (κ3) is 3.30. The Morgan fingerprint density at radius 3 is 2.79 bits per heavy atom. The Balaban J connectivity index is 2.16. The largest absolute Gasteiger partial charge is 0.379 e. The lowest BCUT2D eigenvalue weighted by molar-refractivity contribution is 0.0498. The van der Waals surface area contributed by atoms with Crippen molar-refractivity contribution < 1.29 is 4.74 Å². The van der Waals surface area contributed by atoms with Crippen molar-refractivity contribution in [3.8, 4) is 0 Å². The van der Waals surface area contributed by atoms with E-state index in [1.807, 2.05) is 6.92 Å². The maximum absolute atomic E-state index is 5.94. The average Bonchev–Trinajstić information content (AvgIpc) is 2.38. The van der Waals surface area contributed by atoms with E-state index >= 15 is 0 Å². The molecule has 0 aliphatic carbocycles. The molecule has 2 rings (SSSR count). The lowest BCUT2D eigenvalue weighted by Gasteiger charge is -2.37. The number of anilines is 1. The molecule has 2 N–H and O–H groups in total. The van der Waals surface area contributed by atoms with Crippen molar-refractivity contribution in [1.29, 1.82) is 0 Å². The summed E-state index contributed by atoms with van der Waals surface area (Å²) >= 11 is 3.62. The average molecular weight is 327 g/mol. The molecule has 106 valence electrons. The molecule has 1 aromatic carbocycles. The molecule has 1 aromatic rings. The first kappa shape index (κ1) is 14.8. The zero-order valence-electron chi connectivity index (χ0n) is 11.9. The fraction of sp³-hybridized carbons (Fsp3) is 0.600. The monoisotopic (exact) mass is 326 g/mol. The minimum absolute atomic E-state index is 0.0523. The van der Waals surface area contributed by atoms with Gasteiger partial charge in [-0.25, -0.2) is 0 Å². The number of hydrogen-bond acceptors (Lipinski definition) is 3. The van der Waals surface area contributed by atoms with E-state index in [2.05, 4.69) is 46.0 Å². The van der Waals surface area contributed by atoms with Crippen molar-refractivity contribution in [2.75, 3.05) is 25.1 Å². The molecule has 3 atom stereocenters. The van der Waals surface area contributed by atoms with Crippen molar-refractivity contribution >= 4 is 21.6 Å². The summed E-state index contributed by atoms with van der Waals surface area (Å²) in [5.41, 5.74) is 8.33. The quantitative estimate of drug-likeness (QED) is 0.925. The van der Waals surface area contributed by atoms with Gasteiger partial charge in [-0.15, -0.1) is 0 Å². The minimum atomic E-state index is 0.0523. The van der Waals surface area contributed by atoms with E-state index in [1.165, 1.54) is 12.1 Å². The zero-order chi connectivity index (χ0) is 14.0. The van der Waals surface area contributed by atoms with Crippen molar-refractivity contribution in [2.45, 2.75) is 32.4 Å². The maximum Gasteiger partial charge on any atom is 0.0772 e. The first-order valence-corrected chi connectivity index (χ1v) is 7.65. The number of rotatable bonds is 3. The number of methoxy groups -OCH3 is 1. The first-order chi connectivity index (χ1) is 9.02. The van der Waals surface area contributed by atoms with E-state index in [0.29, 0.717) is 12.0 Å². The van der Waals surface area contributed by atoms with Gasteiger partial charge in [0.1, 0.15) is 0 Å². The van der Waals surface area contributed by atoms with Crippen LogP contribution in [0.4, 0.5) is 5.69 Å². The number of hydrogen-bond donors (Lipinski definition) is 1. The van der Waals surface area contributed by atoms with E-state index in [4.69, 9.17) is 10.5 Å². The molecular weight excluding hydrogens is 304 g/mol. The van der Waals surface area contributed by atoms with Crippen molar-refractivity contribution in [3.05, 3.63) is 28.2 Å². The van der Waals surface area contributed by atoms with E-state index in [-0.39, 0.29) is 6.04 Å². The molecule has 0 saturated carbocycles. The molecule has 0 radical (unpaired) electrons. The Kier molecular flexibility index (Phi) is 4.87. The van der Waals surface area contributed by atoms with Gasteiger partial charge in [-0.3, -0.25) is 0 Å². The SMILES string of the molecule is COC1CN(c2ccc([C@H](C)N)c(Br)c2)CCC1C. The number of nitrogens with zero attached hydrogens (tertiary/aromatic N) is 1. The van der Waals surface area contributed by atoms with Gasteiger partial charge in [0.2, 0.25) is 0 Å². The normalized spacial score (nSPS) is 25.4. The highest BCUT2D eigenvalue weighted by Crippen LogP contribution is 2.30. The molecule has 1 heterocycles. The van der Waals surface area contributed by atoms with Gasteiger partial charge in [0.05, 0.1) is 6.10 Å². The Labute approximate surface area is 124 Å². The van der Waals surface area contributed by atoms with Gasteiger partial charge in [0.15, 0.2) is 0 Å². The predicted octanol–water partition coefficient (Wildman–Crippen LogP) is 3.33. The summed E-state index contributed by atoms with van der Waals surface area (Å²) in [5.74, 6) is 0.632. The smallest absolute Gasteiger partial charge is 0.0772 e. The van der Waals surface area contributed by atoms with Gasteiger partial charge in [-0.2, -0.15) is 0 Å². The molecule has 4 heteroatoms. The van der Waals surface area contributed by atoms with Gasteiger partial charge in [0, 0.05) is 36.4 Å². The van der Waals surface area contributed by atoms with Gasteiger partial charge in [-0.1, -0.05) is 28.9 Å². The van der Waals surface area contributed by atoms with Crippen LogP contribution in [0.2, 0.25) is 0 Å². The van der Waals surface area contributed by atoms with E-state index in [9.17, 15) is 0 Å². The Hall–Kier alpha value is -0.580. The van der Waals surface area contributed by atoms with Gasteiger partial charge in [0.25, 0.3) is 0 Å². The van der Waals surface area contributed by atoms with Crippen LogP contribution in [0.25, 0.3) is 0 Å². The molecule has 0 bridgehead atoms. The molecule has 1 aliphatic rings. The van der Waals surface area contributed by atoms with Crippen LogP contribution in [0.3, 0.4) is 0 Å². The summed E-state index contributed by atoms with van der Waals surface area (Å²) in [6.07, 6.45) is 1.49. The fourth-order valence-electron chi connectivity index (χ4n) is 2.66. The lowest BCUT2D eigenvalue weighted by Crippen LogP contribution is -2.43. The lowest BCUT2D eigenvalue weighted by atomic mass is 9.95. The number of halogens is 1. The summed E-state index contributed by atoms with van der Waals surface area (Å²) in [6.45, 7) is 6.32. The van der Waals surface area contributed by atoms with Crippen LogP contribution in [0.15, 0.2) is 22.7 Å². The minimum Gasteiger partial charge on any atom is -0.379 e. The van der Waals surface area contributed by atoms with E-state index < -0.39 is 0 Å². The third-order valence-corrected chi connectivity index (χ3v) is 4.72. The molecule has 0 aromatic heterocycles. The maximum atomic E-state index is 5.94. The van der Waals surface area contributed by atoms with Crippen molar-refractivity contribution in [1.82, 2.24) is 0 Å². The summed E-state index contributed by atoms with van der Waals surface area (Å²) in [5, 5.41) is 0. The van der Waals surface area contributed by atoms with Crippen molar-refractivity contribution in [3.63, 3.8) is 0 Å². The van der Waals surface area contributed by atoms with Crippen LogP contribution in [0.1, 0.15) is 31.9 Å². The molecular formula is C15H23BrN2O. The van der Waals surface area contributed by atoms with Crippen LogP contribution in [-0.4, -0.2) is 26.3 Å². The standard InChI is InChI=1S/C15H23BrN2O/c1-10-6-7-18(9-15(10)19-3)12-4-5-13(11(2)17)14(16)8-12/h4-5,8,10-11,15H,6-7,9,17H2,1-3H3/t10?,11-,15?/m0/s1. The zero-order valence-corrected chi connectivity index (χ0v) is 13.5. The van der Waals surface area contributed by atoms with Crippen LogP contribution in [-0.2, 0) is 4.74 Å². The van der Waals surface area contributed by atoms with Gasteiger partial charge in [-0.05, 0) is 37.0 Å². The number of ether oxygens (including phenoxy) is 1. The predicted molar refractivity (Wildman–Crippen MR) is 83.5 cm³/mol. The van der Waals surface area contributed by atoms with Crippen molar-refractivity contribution in [2.24, 2.45) is 11.7 Å². The van der Waals surface area contributed by atoms with E-state index in [0.717, 1.165) is 23.1 Å². The fourth-order valence-corrected chi connectivity index (χ4v) is 3.38. The Morgan fingerprint density at radius 2 is 2.21 bits per heavy atom. The van der Waals surface area contributed by atoms with Gasteiger partial charge < -0.3 is 15.4 Å². The molecule has 0 spiro atoms. The highest BCUT2D eigenvalue weighted by molar-refractivity contribution is 9.10.